The Labute approximate surface area is 219 Å². The van der Waals surface area contributed by atoms with Crippen molar-refractivity contribution in [2.45, 2.75) is 63.4 Å². The molecular formula is C29H34N2O5S. The Bertz CT molecular complexity index is 1410. The maximum Gasteiger partial charge on any atom is 0.341 e. The molecule has 1 heterocycles. The summed E-state index contributed by atoms with van der Waals surface area (Å²) >= 11 is 0. The maximum atomic E-state index is 13.6. The number of hydrogen-bond acceptors (Lipinski definition) is 5. The minimum Gasteiger partial charge on any atom is -0.482 e. The molecule has 196 valence electrons. The number of carbonyl (C=O) groups is 1. The number of sulfonamides is 1. The van der Waals surface area contributed by atoms with E-state index in [4.69, 9.17) is 9.84 Å². The van der Waals surface area contributed by atoms with Gasteiger partial charge in [-0.3, -0.25) is 0 Å². The van der Waals surface area contributed by atoms with Gasteiger partial charge in [0, 0.05) is 18.8 Å². The summed E-state index contributed by atoms with van der Waals surface area (Å²) in [5.74, 6) is -0.565. The predicted molar refractivity (Wildman–Crippen MR) is 143 cm³/mol. The topological polar surface area (TPSA) is 96.8 Å². The minimum atomic E-state index is -3.87. The number of carboxylic acid groups (broad SMARTS) is 1. The van der Waals surface area contributed by atoms with Crippen LogP contribution in [-0.2, 0) is 26.7 Å². The molecule has 1 aliphatic carbocycles. The first-order chi connectivity index (χ1) is 17.4. The lowest BCUT2D eigenvalue weighted by molar-refractivity contribution is -0.139. The van der Waals surface area contributed by atoms with Crippen LogP contribution in [0.25, 0.3) is 11.1 Å². The summed E-state index contributed by atoms with van der Waals surface area (Å²) in [5, 5.41) is 8.98. The monoisotopic (exact) mass is 522 g/mol. The zero-order valence-electron chi connectivity index (χ0n) is 22.0. The lowest BCUT2D eigenvalue weighted by atomic mass is 9.84. The van der Waals surface area contributed by atoms with Gasteiger partial charge in [-0.1, -0.05) is 56.7 Å². The van der Waals surface area contributed by atoms with E-state index in [-0.39, 0.29) is 10.4 Å². The van der Waals surface area contributed by atoms with Crippen molar-refractivity contribution in [2.75, 3.05) is 13.7 Å². The van der Waals surface area contributed by atoms with E-state index < -0.39 is 28.6 Å². The number of aromatic nitrogens is 1. The van der Waals surface area contributed by atoms with Crippen molar-refractivity contribution >= 4 is 16.0 Å². The zero-order valence-corrected chi connectivity index (χ0v) is 22.8. The summed E-state index contributed by atoms with van der Waals surface area (Å²) < 4.78 is 34.0. The Hall–Kier alpha value is -3.23. The quantitative estimate of drug-likeness (QED) is 0.439. The fraction of sp³-hybridized carbons (Fsp3) is 0.379. The van der Waals surface area contributed by atoms with Crippen LogP contribution in [0.5, 0.6) is 5.75 Å². The van der Waals surface area contributed by atoms with E-state index in [1.54, 1.807) is 31.4 Å². The molecule has 0 bridgehead atoms. The number of pyridine rings is 1. The standard InChI is InChI=1S/C29H34N2O5S/c1-19-14-21(16-22(15-19)29(2,3)4)20-12-13-27(30-17-20)37(34,35)31(5)25-10-6-9-24-23(25)8-7-11-26(24)36-18-28(32)33/h7-8,11-17,25H,6,9-10,18H2,1-5H3,(H,32,33)/t25-/m1/s1. The van der Waals surface area contributed by atoms with Gasteiger partial charge >= 0.3 is 5.97 Å². The van der Waals surface area contributed by atoms with Crippen molar-refractivity contribution in [2.24, 2.45) is 0 Å². The van der Waals surface area contributed by atoms with Crippen LogP contribution in [0.15, 0.2) is 59.8 Å². The first kappa shape index (κ1) is 26.8. The first-order valence-electron chi connectivity index (χ1n) is 12.4. The normalized spacial score (nSPS) is 15.9. The highest BCUT2D eigenvalue weighted by Gasteiger charge is 2.34. The van der Waals surface area contributed by atoms with Gasteiger partial charge < -0.3 is 9.84 Å². The molecule has 0 fully saturated rings. The zero-order chi connectivity index (χ0) is 27.0. The third-order valence-corrected chi connectivity index (χ3v) is 8.66. The molecule has 1 N–H and O–H groups in total. The number of aryl methyl sites for hydroxylation is 1. The van der Waals surface area contributed by atoms with E-state index in [2.05, 4.69) is 50.9 Å². The van der Waals surface area contributed by atoms with Gasteiger partial charge in [-0.15, -0.1) is 0 Å². The fourth-order valence-electron chi connectivity index (χ4n) is 4.84. The molecule has 0 unspecified atom stereocenters. The van der Waals surface area contributed by atoms with Crippen LogP contribution in [0.3, 0.4) is 0 Å². The molecule has 4 rings (SSSR count). The van der Waals surface area contributed by atoms with E-state index in [1.165, 1.54) is 9.87 Å². The summed E-state index contributed by atoms with van der Waals surface area (Å²) in [5.41, 5.74) is 5.91. The van der Waals surface area contributed by atoms with E-state index in [9.17, 15) is 13.2 Å². The highest BCUT2D eigenvalue weighted by molar-refractivity contribution is 7.89. The molecule has 0 amide bonds. The van der Waals surface area contributed by atoms with Gasteiger partial charge in [0.1, 0.15) is 5.75 Å². The molecule has 0 saturated carbocycles. The molecular weight excluding hydrogens is 488 g/mol. The molecule has 37 heavy (non-hydrogen) atoms. The fourth-order valence-corrected chi connectivity index (χ4v) is 6.12. The van der Waals surface area contributed by atoms with E-state index in [0.29, 0.717) is 18.6 Å². The van der Waals surface area contributed by atoms with E-state index in [0.717, 1.165) is 34.2 Å². The van der Waals surface area contributed by atoms with Gasteiger partial charge in [0.2, 0.25) is 0 Å². The molecule has 1 aromatic heterocycles. The Balaban J connectivity index is 1.62. The van der Waals surface area contributed by atoms with Crippen molar-refractivity contribution in [1.82, 2.24) is 9.29 Å². The van der Waals surface area contributed by atoms with Gasteiger partial charge in [0.05, 0.1) is 6.04 Å². The molecule has 0 saturated heterocycles. The highest BCUT2D eigenvalue weighted by atomic mass is 32.2. The van der Waals surface area contributed by atoms with Crippen LogP contribution in [0.1, 0.15) is 61.9 Å². The van der Waals surface area contributed by atoms with Crippen molar-refractivity contribution in [1.29, 1.82) is 0 Å². The van der Waals surface area contributed by atoms with Crippen molar-refractivity contribution in [3.8, 4) is 16.9 Å². The minimum absolute atomic E-state index is 0.00495. The van der Waals surface area contributed by atoms with E-state index in [1.807, 2.05) is 12.1 Å². The smallest absolute Gasteiger partial charge is 0.341 e. The van der Waals surface area contributed by atoms with Crippen LogP contribution >= 0.6 is 0 Å². The number of rotatable bonds is 7. The molecule has 1 aliphatic rings. The summed E-state index contributed by atoms with van der Waals surface area (Å²) in [7, 11) is -2.30. The third kappa shape index (κ3) is 5.70. The van der Waals surface area contributed by atoms with Crippen molar-refractivity contribution in [3.05, 3.63) is 77.0 Å². The van der Waals surface area contributed by atoms with Gasteiger partial charge in [0.25, 0.3) is 10.0 Å². The van der Waals surface area contributed by atoms with Crippen LogP contribution in [0.2, 0.25) is 0 Å². The van der Waals surface area contributed by atoms with Crippen molar-refractivity contribution in [3.63, 3.8) is 0 Å². The Morgan fingerprint density at radius 2 is 1.89 bits per heavy atom. The predicted octanol–water partition coefficient (Wildman–Crippen LogP) is 5.52. The summed E-state index contributed by atoms with van der Waals surface area (Å²) in [4.78, 5) is 15.3. The Morgan fingerprint density at radius 1 is 1.14 bits per heavy atom. The largest absolute Gasteiger partial charge is 0.482 e. The summed E-state index contributed by atoms with van der Waals surface area (Å²) in [6, 6.07) is 14.8. The second kappa shape index (κ2) is 10.3. The molecule has 0 spiro atoms. The highest BCUT2D eigenvalue weighted by Crippen LogP contribution is 2.40. The van der Waals surface area contributed by atoms with Gasteiger partial charge in [0.15, 0.2) is 11.6 Å². The first-order valence-corrected chi connectivity index (χ1v) is 13.8. The van der Waals surface area contributed by atoms with Crippen LogP contribution in [0, 0.1) is 6.92 Å². The number of carboxylic acids is 1. The molecule has 8 heteroatoms. The van der Waals surface area contributed by atoms with Crippen molar-refractivity contribution < 1.29 is 23.1 Å². The van der Waals surface area contributed by atoms with Crippen LogP contribution < -0.4 is 4.74 Å². The second-order valence-electron chi connectivity index (χ2n) is 10.7. The SMILES string of the molecule is Cc1cc(-c2ccc(S(=O)(=O)N(C)[C@@H]3CCCc4c(OCC(=O)O)cccc43)nc2)cc(C(C)(C)C)c1. The number of nitrogens with zero attached hydrogens (tertiary/aromatic N) is 2. The lowest BCUT2D eigenvalue weighted by Crippen LogP contribution is -2.34. The summed E-state index contributed by atoms with van der Waals surface area (Å²) in [6.45, 7) is 8.11. The Morgan fingerprint density at radius 3 is 2.54 bits per heavy atom. The van der Waals surface area contributed by atoms with Gasteiger partial charge in [-0.2, -0.15) is 4.31 Å². The van der Waals surface area contributed by atoms with Gasteiger partial charge in [-0.25, -0.2) is 18.2 Å². The number of hydrogen-bond donors (Lipinski definition) is 1. The Kier molecular flexibility index (Phi) is 7.44. The molecule has 3 aromatic rings. The average Bonchev–Trinajstić information content (AvgIpc) is 2.85. The van der Waals surface area contributed by atoms with Gasteiger partial charge in [-0.05, 0) is 72.1 Å². The lowest BCUT2D eigenvalue weighted by Gasteiger charge is -2.33. The molecule has 7 nitrogen and oxygen atoms in total. The summed E-state index contributed by atoms with van der Waals surface area (Å²) in [6.07, 6.45) is 3.74. The average molecular weight is 523 g/mol. The number of ether oxygens (including phenoxy) is 1. The molecule has 0 radical (unpaired) electrons. The van der Waals surface area contributed by atoms with Crippen LogP contribution in [0.4, 0.5) is 0 Å². The molecule has 1 atom stereocenters. The van der Waals surface area contributed by atoms with E-state index >= 15 is 0 Å². The third-order valence-electron chi connectivity index (χ3n) is 6.88. The molecule has 2 aromatic carbocycles. The van der Waals surface area contributed by atoms with Crippen LogP contribution in [-0.4, -0.2) is 42.4 Å². The number of benzene rings is 2. The number of aliphatic carboxylic acids is 1. The maximum absolute atomic E-state index is 13.6. The molecule has 0 aliphatic heterocycles. The number of fused-ring (bicyclic) bond motifs is 1. The second-order valence-corrected chi connectivity index (χ2v) is 12.6.